The first kappa shape index (κ1) is 11.3. The normalized spacial score (nSPS) is 12.1. The van der Waals surface area contributed by atoms with E-state index in [4.69, 9.17) is 5.11 Å². The summed E-state index contributed by atoms with van der Waals surface area (Å²) in [6.45, 7) is 1.71. The van der Waals surface area contributed by atoms with E-state index in [0.717, 1.165) is 5.69 Å². The third-order valence-corrected chi connectivity index (χ3v) is 2.26. The number of hydrogen-bond acceptors (Lipinski definition) is 2. The maximum atomic E-state index is 11.3. The van der Waals surface area contributed by atoms with E-state index in [1.165, 1.54) is 6.92 Å². The fourth-order valence-electron chi connectivity index (χ4n) is 1.12. The van der Waals surface area contributed by atoms with Crippen molar-refractivity contribution in [3.8, 4) is 0 Å². The molecule has 0 saturated carbocycles. The molecule has 5 nitrogen and oxygen atoms in total. The number of carbonyl (C=O) groups is 2. The molecule has 0 aromatic carbocycles. The summed E-state index contributed by atoms with van der Waals surface area (Å²) in [6, 6.07) is 3.73. The highest BCUT2D eigenvalue weighted by molar-refractivity contribution is 5.96. The lowest BCUT2D eigenvalue weighted by Gasteiger charge is -2.08. The van der Waals surface area contributed by atoms with Gasteiger partial charge in [0.15, 0.2) is 0 Å². The Labute approximate surface area is 87.7 Å². The van der Waals surface area contributed by atoms with Gasteiger partial charge in [-0.15, -0.1) is 0 Å². The highest BCUT2D eigenvalue weighted by Crippen LogP contribution is 2.00. The number of nitrogens with one attached hydrogen (secondary N) is 1. The van der Waals surface area contributed by atoms with Gasteiger partial charge in [-0.2, -0.15) is 0 Å². The van der Waals surface area contributed by atoms with Crippen LogP contribution in [0.2, 0.25) is 0 Å². The van der Waals surface area contributed by atoms with Gasteiger partial charge in [-0.25, -0.2) is 0 Å². The number of aryl methyl sites for hydroxylation is 1. The van der Waals surface area contributed by atoms with Crippen LogP contribution >= 0.6 is 0 Å². The van der Waals surface area contributed by atoms with Crippen molar-refractivity contribution < 1.29 is 14.7 Å². The average Bonchev–Trinajstić information content (AvgIpc) is 2.59. The summed E-state index contributed by atoms with van der Waals surface area (Å²) < 4.78 is 1.87. The Kier molecular flexibility index (Phi) is 3.49. The summed E-state index contributed by atoms with van der Waals surface area (Å²) in [5, 5.41) is 11.2. The third kappa shape index (κ3) is 2.83. The summed E-state index contributed by atoms with van der Waals surface area (Å²) >= 11 is 0. The molecule has 0 fully saturated rings. The highest BCUT2D eigenvalue weighted by Gasteiger charge is 2.19. The van der Waals surface area contributed by atoms with Crippen molar-refractivity contribution in [3.05, 3.63) is 24.0 Å². The second-order valence-electron chi connectivity index (χ2n) is 3.39. The maximum Gasteiger partial charge on any atom is 0.315 e. The summed E-state index contributed by atoms with van der Waals surface area (Å²) in [4.78, 5) is 21.8. The van der Waals surface area contributed by atoms with Crippen LogP contribution in [0.25, 0.3) is 0 Å². The molecule has 0 aliphatic rings. The van der Waals surface area contributed by atoms with Gasteiger partial charge in [0.05, 0.1) is 6.54 Å². The first-order chi connectivity index (χ1) is 7.02. The van der Waals surface area contributed by atoms with E-state index in [9.17, 15) is 9.59 Å². The number of carboxylic acid groups (broad SMARTS) is 1. The van der Waals surface area contributed by atoms with Gasteiger partial charge in [-0.05, 0) is 19.1 Å². The van der Waals surface area contributed by atoms with Gasteiger partial charge in [0, 0.05) is 18.9 Å². The van der Waals surface area contributed by atoms with E-state index in [-0.39, 0.29) is 0 Å². The monoisotopic (exact) mass is 210 g/mol. The summed E-state index contributed by atoms with van der Waals surface area (Å²) in [5.41, 5.74) is 0.931. The van der Waals surface area contributed by atoms with Crippen LogP contribution < -0.4 is 5.32 Å². The standard InChI is InChI=1S/C10H14N2O3/c1-7(10(14)15)9(13)11-6-8-4-3-5-12(8)2/h3-5,7H,6H2,1-2H3,(H,11,13)(H,14,15). The van der Waals surface area contributed by atoms with Crippen LogP contribution in [0.3, 0.4) is 0 Å². The fraction of sp³-hybridized carbons (Fsp3) is 0.400. The van der Waals surface area contributed by atoms with Crippen LogP contribution in [0.4, 0.5) is 0 Å². The molecular weight excluding hydrogens is 196 g/mol. The predicted molar refractivity (Wildman–Crippen MR) is 54.1 cm³/mol. The molecule has 1 amide bonds. The van der Waals surface area contributed by atoms with Gasteiger partial charge in [0.25, 0.3) is 0 Å². The number of amides is 1. The van der Waals surface area contributed by atoms with Crippen molar-refractivity contribution in [2.45, 2.75) is 13.5 Å². The second-order valence-corrected chi connectivity index (χ2v) is 3.39. The van der Waals surface area contributed by atoms with Crippen LogP contribution in [0.5, 0.6) is 0 Å². The Morgan fingerprint density at radius 2 is 2.27 bits per heavy atom. The summed E-state index contributed by atoms with van der Waals surface area (Å²) in [7, 11) is 1.86. The number of carbonyl (C=O) groups excluding carboxylic acids is 1. The zero-order chi connectivity index (χ0) is 11.4. The van der Waals surface area contributed by atoms with Gasteiger partial charge in [-0.3, -0.25) is 9.59 Å². The van der Waals surface area contributed by atoms with Gasteiger partial charge in [0.2, 0.25) is 5.91 Å². The second kappa shape index (κ2) is 4.63. The lowest BCUT2D eigenvalue weighted by Crippen LogP contribution is -2.33. The number of hydrogen-bond donors (Lipinski definition) is 2. The molecule has 1 rings (SSSR count). The number of aromatic nitrogens is 1. The lowest BCUT2D eigenvalue weighted by molar-refractivity contribution is -0.146. The quantitative estimate of drug-likeness (QED) is 0.705. The van der Waals surface area contributed by atoms with E-state index >= 15 is 0 Å². The van der Waals surface area contributed by atoms with Crippen LogP contribution in [-0.2, 0) is 23.2 Å². The lowest BCUT2D eigenvalue weighted by atomic mass is 10.2. The largest absolute Gasteiger partial charge is 0.481 e. The molecule has 0 aliphatic heterocycles. The molecule has 1 heterocycles. The fourth-order valence-corrected chi connectivity index (χ4v) is 1.12. The first-order valence-electron chi connectivity index (χ1n) is 4.63. The molecule has 5 heteroatoms. The highest BCUT2D eigenvalue weighted by atomic mass is 16.4. The van der Waals surface area contributed by atoms with Gasteiger partial charge < -0.3 is 15.0 Å². The van der Waals surface area contributed by atoms with Crippen molar-refractivity contribution in [2.24, 2.45) is 13.0 Å². The number of rotatable bonds is 4. The minimum atomic E-state index is -1.11. The molecule has 0 radical (unpaired) electrons. The van der Waals surface area contributed by atoms with E-state index in [2.05, 4.69) is 5.32 Å². The molecule has 1 atom stereocenters. The molecule has 1 aromatic heterocycles. The van der Waals surface area contributed by atoms with Crippen LogP contribution in [0, 0.1) is 5.92 Å². The molecular formula is C10H14N2O3. The zero-order valence-electron chi connectivity index (χ0n) is 8.73. The molecule has 15 heavy (non-hydrogen) atoms. The van der Waals surface area contributed by atoms with Gasteiger partial charge in [0.1, 0.15) is 5.92 Å². The number of aliphatic carboxylic acids is 1. The maximum absolute atomic E-state index is 11.3. The van der Waals surface area contributed by atoms with E-state index in [1.54, 1.807) is 0 Å². The Morgan fingerprint density at radius 3 is 2.73 bits per heavy atom. The number of carboxylic acids is 1. The minimum Gasteiger partial charge on any atom is -0.481 e. The summed E-state index contributed by atoms with van der Waals surface area (Å²) in [6.07, 6.45) is 1.86. The van der Waals surface area contributed by atoms with Crippen molar-refractivity contribution >= 4 is 11.9 Å². The minimum absolute atomic E-state index is 0.347. The smallest absolute Gasteiger partial charge is 0.315 e. The van der Waals surface area contributed by atoms with Gasteiger partial charge in [-0.1, -0.05) is 0 Å². The molecule has 0 bridgehead atoms. The topological polar surface area (TPSA) is 71.3 Å². The Morgan fingerprint density at radius 1 is 1.60 bits per heavy atom. The molecule has 1 unspecified atom stereocenters. The predicted octanol–water partition coefficient (Wildman–Crippen LogP) is 0.362. The molecule has 0 spiro atoms. The van der Waals surface area contributed by atoms with Crippen LogP contribution in [0.15, 0.2) is 18.3 Å². The van der Waals surface area contributed by atoms with Crippen LogP contribution in [-0.4, -0.2) is 21.6 Å². The SMILES string of the molecule is CC(C(=O)O)C(=O)NCc1cccn1C. The van der Waals surface area contributed by atoms with Crippen molar-refractivity contribution in [1.29, 1.82) is 0 Å². The third-order valence-electron chi connectivity index (χ3n) is 2.26. The Bertz CT molecular complexity index is 370. The van der Waals surface area contributed by atoms with Crippen molar-refractivity contribution in [1.82, 2.24) is 9.88 Å². The first-order valence-corrected chi connectivity index (χ1v) is 4.63. The zero-order valence-corrected chi connectivity index (χ0v) is 8.73. The molecule has 82 valence electrons. The molecule has 1 aromatic rings. The van der Waals surface area contributed by atoms with E-state index in [0.29, 0.717) is 6.54 Å². The Hall–Kier alpha value is -1.78. The molecule has 2 N–H and O–H groups in total. The number of nitrogens with zero attached hydrogens (tertiary/aromatic N) is 1. The molecule has 0 aliphatic carbocycles. The van der Waals surface area contributed by atoms with E-state index < -0.39 is 17.8 Å². The van der Waals surface area contributed by atoms with Crippen LogP contribution in [0.1, 0.15) is 12.6 Å². The Balaban J connectivity index is 2.48. The molecule has 0 saturated heterocycles. The average molecular weight is 210 g/mol. The van der Waals surface area contributed by atoms with Gasteiger partial charge >= 0.3 is 5.97 Å². The van der Waals surface area contributed by atoms with Crippen molar-refractivity contribution in [2.75, 3.05) is 0 Å². The summed E-state index contributed by atoms with van der Waals surface area (Å²) in [5.74, 6) is -2.59. The van der Waals surface area contributed by atoms with E-state index in [1.807, 2.05) is 29.9 Å². The van der Waals surface area contributed by atoms with Crippen molar-refractivity contribution in [3.63, 3.8) is 0 Å².